The highest BCUT2D eigenvalue weighted by molar-refractivity contribution is 7.99. The summed E-state index contributed by atoms with van der Waals surface area (Å²) in [5.41, 5.74) is 5.91. The number of nitrogens with one attached hydrogen (secondary N) is 1. The molecule has 6 nitrogen and oxygen atoms in total. The third kappa shape index (κ3) is 6.38. The maximum atomic E-state index is 9.94. The molecule has 0 unspecified atom stereocenters. The van der Waals surface area contributed by atoms with E-state index in [1.54, 1.807) is 25.3 Å². The molecule has 9 heteroatoms. The van der Waals surface area contributed by atoms with Crippen molar-refractivity contribution in [1.82, 2.24) is 9.97 Å². The molecule has 0 aliphatic rings. The number of halogens is 2. The van der Waals surface area contributed by atoms with E-state index in [4.69, 9.17) is 27.9 Å². The van der Waals surface area contributed by atoms with E-state index < -0.39 is 0 Å². The van der Waals surface area contributed by atoms with Crippen molar-refractivity contribution in [2.45, 2.75) is 25.9 Å². The van der Waals surface area contributed by atoms with Crippen molar-refractivity contribution in [2.24, 2.45) is 11.0 Å². The molecule has 1 aromatic heterocycles. The molecule has 33 heavy (non-hydrogen) atoms. The molecule has 0 spiro atoms. The average Bonchev–Trinajstić information content (AvgIpc) is 2.80. The maximum Gasteiger partial charge on any atom is 0.190 e. The molecule has 0 aliphatic carbocycles. The van der Waals surface area contributed by atoms with Crippen LogP contribution in [-0.4, -0.2) is 28.5 Å². The fourth-order valence-corrected chi connectivity index (χ4v) is 4.21. The van der Waals surface area contributed by atoms with Crippen LogP contribution in [0, 0.1) is 17.2 Å². The van der Waals surface area contributed by atoms with Crippen molar-refractivity contribution in [3.8, 4) is 23.1 Å². The monoisotopic (exact) mass is 499 g/mol. The Morgan fingerprint density at radius 1 is 1.18 bits per heavy atom. The van der Waals surface area contributed by atoms with Gasteiger partial charge in [0.25, 0.3) is 0 Å². The van der Waals surface area contributed by atoms with Gasteiger partial charge in [0, 0.05) is 21.9 Å². The van der Waals surface area contributed by atoms with Crippen molar-refractivity contribution in [3.05, 3.63) is 63.6 Å². The topological polar surface area (TPSA) is 83.2 Å². The molecule has 3 aromatic rings. The highest BCUT2D eigenvalue weighted by Crippen LogP contribution is 2.31. The van der Waals surface area contributed by atoms with E-state index in [9.17, 15) is 5.26 Å². The van der Waals surface area contributed by atoms with E-state index in [1.807, 2.05) is 31.2 Å². The van der Waals surface area contributed by atoms with Gasteiger partial charge in [-0.2, -0.15) is 10.4 Å². The Balaban J connectivity index is 2.04. The molecular formula is C24H23Cl2N5OS. The maximum absolute atomic E-state index is 9.94. The van der Waals surface area contributed by atoms with Gasteiger partial charge in [0.1, 0.15) is 17.4 Å². The summed E-state index contributed by atoms with van der Waals surface area (Å²) in [5.74, 6) is 2.35. The SMILES string of the molecule is COc1ccc(-c2nc(SCC(C)C)nc(N/N=C(/C)c3ccc(Cl)cc3Cl)c2C#N)cc1. The number of hydrazone groups is 1. The number of hydrogen-bond acceptors (Lipinski definition) is 7. The molecule has 170 valence electrons. The van der Waals surface area contributed by atoms with Gasteiger partial charge in [-0.1, -0.05) is 54.9 Å². The lowest BCUT2D eigenvalue weighted by atomic mass is 10.1. The molecule has 1 N–H and O–H groups in total. The number of hydrogen-bond donors (Lipinski definition) is 1. The van der Waals surface area contributed by atoms with Crippen LogP contribution in [0.2, 0.25) is 10.0 Å². The van der Waals surface area contributed by atoms with Crippen LogP contribution in [0.3, 0.4) is 0 Å². The summed E-state index contributed by atoms with van der Waals surface area (Å²) >= 11 is 13.8. The molecule has 0 fully saturated rings. The molecule has 1 heterocycles. The van der Waals surface area contributed by atoms with Gasteiger partial charge in [-0.3, -0.25) is 5.43 Å². The largest absolute Gasteiger partial charge is 0.497 e. The van der Waals surface area contributed by atoms with Crippen LogP contribution in [0.15, 0.2) is 52.7 Å². The zero-order valence-corrected chi connectivity index (χ0v) is 21.0. The Morgan fingerprint density at radius 2 is 1.91 bits per heavy atom. The fourth-order valence-electron chi connectivity index (χ4n) is 2.87. The average molecular weight is 500 g/mol. The number of methoxy groups -OCH3 is 1. The Kier molecular flexibility index (Phi) is 8.56. The summed E-state index contributed by atoms with van der Waals surface area (Å²) in [6, 6.07) is 14.8. The number of thioether (sulfide) groups is 1. The first kappa shape index (κ1) is 24.8. The smallest absolute Gasteiger partial charge is 0.190 e. The lowest BCUT2D eigenvalue weighted by molar-refractivity contribution is 0.415. The molecule has 2 aromatic carbocycles. The van der Waals surface area contributed by atoms with E-state index in [0.717, 1.165) is 22.6 Å². The number of nitriles is 1. The quantitative estimate of drug-likeness (QED) is 0.157. The van der Waals surface area contributed by atoms with Gasteiger partial charge in [-0.05, 0) is 49.2 Å². The first-order valence-electron chi connectivity index (χ1n) is 10.2. The number of rotatable bonds is 8. The minimum absolute atomic E-state index is 0.299. The van der Waals surface area contributed by atoms with Crippen molar-refractivity contribution in [2.75, 3.05) is 18.3 Å². The van der Waals surface area contributed by atoms with E-state index >= 15 is 0 Å². The summed E-state index contributed by atoms with van der Waals surface area (Å²) in [4.78, 5) is 9.25. The number of ether oxygens (including phenoxy) is 1. The molecule has 3 rings (SSSR count). The van der Waals surface area contributed by atoms with Gasteiger partial charge < -0.3 is 4.74 Å². The second-order valence-corrected chi connectivity index (χ2v) is 9.39. The lowest BCUT2D eigenvalue weighted by Crippen LogP contribution is -2.06. The van der Waals surface area contributed by atoms with Crippen LogP contribution in [0.4, 0.5) is 5.82 Å². The Labute approximate surface area is 208 Å². The zero-order chi connectivity index (χ0) is 24.0. The van der Waals surface area contributed by atoms with Crippen molar-refractivity contribution in [1.29, 1.82) is 5.26 Å². The number of benzene rings is 2. The molecular weight excluding hydrogens is 477 g/mol. The Morgan fingerprint density at radius 3 is 2.52 bits per heavy atom. The predicted molar refractivity (Wildman–Crippen MR) is 137 cm³/mol. The highest BCUT2D eigenvalue weighted by Gasteiger charge is 2.17. The number of aromatic nitrogens is 2. The van der Waals surface area contributed by atoms with Gasteiger partial charge in [0.05, 0.1) is 23.5 Å². The summed E-state index contributed by atoms with van der Waals surface area (Å²) < 4.78 is 5.25. The third-order valence-electron chi connectivity index (χ3n) is 4.56. The zero-order valence-electron chi connectivity index (χ0n) is 18.7. The molecule has 0 atom stereocenters. The van der Waals surface area contributed by atoms with E-state index in [2.05, 4.69) is 40.4 Å². The van der Waals surface area contributed by atoms with E-state index in [1.165, 1.54) is 11.8 Å². The molecule has 0 saturated heterocycles. The second kappa shape index (κ2) is 11.4. The van der Waals surface area contributed by atoms with Crippen LogP contribution < -0.4 is 10.2 Å². The van der Waals surface area contributed by atoms with Crippen LogP contribution in [0.5, 0.6) is 5.75 Å². The molecule has 0 aliphatic heterocycles. The lowest BCUT2D eigenvalue weighted by Gasteiger charge is -2.12. The minimum atomic E-state index is 0.299. The number of nitrogens with zero attached hydrogens (tertiary/aromatic N) is 4. The van der Waals surface area contributed by atoms with Crippen LogP contribution in [0.25, 0.3) is 11.3 Å². The summed E-state index contributed by atoms with van der Waals surface area (Å²) in [6.07, 6.45) is 0. The normalized spacial score (nSPS) is 11.4. The standard InChI is InChI=1S/C24H23Cl2N5OS/c1-14(2)13-33-24-28-22(16-5-8-18(32-4)9-6-16)20(12-27)23(29-24)31-30-15(3)19-10-7-17(25)11-21(19)26/h5-11,14H,13H2,1-4H3,(H,28,29,31)/b30-15-. The summed E-state index contributed by atoms with van der Waals surface area (Å²) in [7, 11) is 1.61. The first-order valence-corrected chi connectivity index (χ1v) is 11.9. The molecule has 0 bridgehead atoms. The van der Waals surface area contributed by atoms with Crippen molar-refractivity contribution >= 4 is 46.5 Å². The third-order valence-corrected chi connectivity index (χ3v) is 6.38. The van der Waals surface area contributed by atoms with Gasteiger partial charge in [-0.25, -0.2) is 9.97 Å². The molecule has 0 radical (unpaired) electrons. The second-order valence-electron chi connectivity index (χ2n) is 7.56. The van der Waals surface area contributed by atoms with Crippen LogP contribution in [-0.2, 0) is 0 Å². The van der Waals surface area contributed by atoms with Gasteiger partial charge in [-0.15, -0.1) is 0 Å². The molecule has 0 saturated carbocycles. The van der Waals surface area contributed by atoms with Gasteiger partial charge in [0.2, 0.25) is 0 Å². The van der Waals surface area contributed by atoms with E-state index in [0.29, 0.717) is 43.9 Å². The summed E-state index contributed by atoms with van der Waals surface area (Å²) in [5, 5.41) is 16.0. The predicted octanol–water partition coefficient (Wildman–Crippen LogP) is 6.91. The number of anilines is 1. The Hall–Kier alpha value is -2.79. The van der Waals surface area contributed by atoms with Gasteiger partial charge >= 0.3 is 0 Å². The first-order chi connectivity index (χ1) is 15.8. The van der Waals surface area contributed by atoms with Crippen molar-refractivity contribution in [3.63, 3.8) is 0 Å². The van der Waals surface area contributed by atoms with Crippen molar-refractivity contribution < 1.29 is 4.74 Å². The Bertz CT molecular complexity index is 1210. The van der Waals surface area contributed by atoms with Crippen LogP contribution >= 0.6 is 35.0 Å². The molecule has 0 amide bonds. The minimum Gasteiger partial charge on any atom is -0.497 e. The van der Waals surface area contributed by atoms with Crippen LogP contribution in [0.1, 0.15) is 31.9 Å². The summed E-state index contributed by atoms with van der Waals surface area (Å²) in [6.45, 7) is 6.07. The fraction of sp³-hybridized carbons (Fsp3) is 0.250. The van der Waals surface area contributed by atoms with E-state index in [-0.39, 0.29) is 0 Å². The van der Waals surface area contributed by atoms with Gasteiger partial charge in [0.15, 0.2) is 11.0 Å². The highest BCUT2D eigenvalue weighted by atomic mass is 35.5.